The summed E-state index contributed by atoms with van der Waals surface area (Å²) in [6.45, 7) is 2.80. The lowest BCUT2D eigenvalue weighted by Gasteiger charge is -2.34. The highest BCUT2D eigenvalue weighted by atomic mass is 35.5. The zero-order chi connectivity index (χ0) is 16.9. The molecule has 0 spiro atoms. The molecule has 1 aliphatic rings. The van der Waals surface area contributed by atoms with Crippen molar-refractivity contribution in [2.75, 3.05) is 36.8 Å². The number of rotatable bonds is 4. The molecule has 8 heteroatoms. The quantitative estimate of drug-likeness (QED) is 0.759. The van der Waals surface area contributed by atoms with E-state index >= 15 is 0 Å². The predicted octanol–water partition coefficient (Wildman–Crippen LogP) is 3.22. The van der Waals surface area contributed by atoms with Crippen LogP contribution in [0.15, 0.2) is 41.6 Å². The zero-order valence-electron chi connectivity index (χ0n) is 12.9. The van der Waals surface area contributed by atoms with Gasteiger partial charge >= 0.3 is 0 Å². The number of carbonyl (C=O) groups is 1. The van der Waals surface area contributed by atoms with Crippen molar-refractivity contribution in [3.63, 3.8) is 0 Å². The van der Waals surface area contributed by atoms with E-state index in [1.165, 1.54) is 11.8 Å². The molecule has 1 aliphatic heterocycles. The van der Waals surface area contributed by atoms with Crippen LogP contribution in [0.4, 0.5) is 5.95 Å². The second-order valence-electron chi connectivity index (χ2n) is 5.28. The maximum Gasteiger partial charge on any atom is 0.233 e. The molecule has 1 aromatic carbocycles. The van der Waals surface area contributed by atoms with Gasteiger partial charge in [-0.2, -0.15) is 0 Å². The van der Waals surface area contributed by atoms with Crippen LogP contribution in [-0.4, -0.2) is 52.7 Å². The van der Waals surface area contributed by atoms with Crippen molar-refractivity contribution in [3.05, 3.63) is 46.7 Å². The van der Waals surface area contributed by atoms with Gasteiger partial charge in [-0.05, 0) is 24.3 Å². The Morgan fingerprint density at radius 3 is 2.54 bits per heavy atom. The third kappa shape index (κ3) is 4.32. The van der Waals surface area contributed by atoms with Gasteiger partial charge in [0.2, 0.25) is 11.9 Å². The maximum atomic E-state index is 12.4. The summed E-state index contributed by atoms with van der Waals surface area (Å²) in [6.07, 6.45) is 3.45. The van der Waals surface area contributed by atoms with E-state index in [9.17, 15) is 4.79 Å². The minimum absolute atomic E-state index is 0.102. The van der Waals surface area contributed by atoms with Gasteiger partial charge < -0.3 is 9.80 Å². The molecule has 5 nitrogen and oxygen atoms in total. The first-order valence-corrected chi connectivity index (χ1v) is 9.25. The average molecular weight is 383 g/mol. The molecule has 1 saturated heterocycles. The molecule has 1 aromatic heterocycles. The minimum Gasteiger partial charge on any atom is -0.338 e. The van der Waals surface area contributed by atoms with Crippen LogP contribution in [0, 0.1) is 0 Å². The first-order chi connectivity index (χ1) is 11.6. The molecule has 0 radical (unpaired) electrons. The Bertz CT molecular complexity index is 708. The number of nitrogens with zero attached hydrogens (tertiary/aromatic N) is 4. The van der Waals surface area contributed by atoms with E-state index in [0.717, 1.165) is 18.0 Å². The van der Waals surface area contributed by atoms with Crippen LogP contribution in [0.25, 0.3) is 0 Å². The Hall–Kier alpha value is -1.50. The fourth-order valence-corrected chi connectivity index (χ4v) is 3.82. The van der Waals surface area contributed by atoms with E-state index in [0.29, 0.717) is 34.8 Å². The molecule has 0 unspecified atom stereocenters. The number of aromatic nitrogens is 2. The summed E-state index contributed by atoms with van der Waals surface area (Å²) in [4.78, 5) is 25.7. The number of benzene rings is 1. The monoisotopic (exact) mass is 382 g/mol. The van der Waals surface area contributed by atoms with E-state index in [-0.39, 0.29) is 5.91 Å². The molecule has 0 N–H and O–H groups in total. The van der Waals surface area contributed by atoms with Crippen LogP contribution in [0.2, 0.25) is 10.0 Å². The number of amides is 1. The van der Waals surface area contributed by atoms with Gasteiger partial charge in [-0.3, -0.25) is 4.79 Å². The van der Waals surface area contributed by atoms with Gasteiger partial charge in [-0.15, -0.1) is 11.8 Å². The highest BCUT2D eigenvalue weighted by Gasteiger charge is 2.22. The smallest absolute Gasteiger partial charge is 0.233 e. The predicted molar refractivity (Wildman–Crippen MR) is 98.0 cm³/mol. The summed E-state index contributed by atoms with van der Waals surface area (Å²) in [5.74, 6) is 1.16. The zero-order valence-corrected chi connectivity index (χ0v) is 15.2. The summed E-state index contributed by atoms with van der Waals surface area (Å²) >= 11 is 13.5. The van der Waals surface area contributed by atoms with Gasteiger partial charge in [0, 0.05) is 48.5 Å². The topological polar surface area (TPSA) is 49.3 Å². The van der Waals surface area contributed by atoms with Gasteiger partial charge in [0.05, 0.1) is 10.8 Å². The Morgan fingerprint density at radius 2 is 1.83 bits per heavy atom. The highest BCUT2D eigenvalue weighted by molar-refractivity contribution is 8.00. The molecule has 1 amide bonds. The fraction of sp³-hybridized carbons (Fsp3) is 0.312. The first kappa shape index (κ1) is 17.3. The van der Waals surface area contributed by atoms with Crippen molar-refractivity contribution in [3.8, 4) is 0 Å². The summed E-state index contributed by atoms with van der Waals surface area (Å²) in [7, 11) is 0. The molecule has 2 heterocycles. The molecule has 0 atom stereocenters. The lowest BCUT2D eigenvalue weighted by atomic mass is 10.3. The normalized spacial score (nSPS) is 14.8. The summed E-state index contributed by atoms with van der Waals surface area (Å²) in [6, 6.07) is 7.06. The highest BCUT2D eigenvalue weighted by Crippen LogP contribution is 2.30. The van der Waals surface area contributed by atoms with E-state index < -0.39 is 0 Å². The molecule has 0 saturated carbocycles. The third-order valence-corrected chi connectivity index (χ3v) is 5.43. The molecule has 24 heavy (non-hydrogen) atoms. The lowest BCUT2D eigenvalue weighted by Crippen LogP contribution is -2.49. The van der Waals surface area contributed by atoms with Crippen LogP contribution in [0.1, 0.15) is 0 Å². The van der Waals surface area contributed by atoms with Crippen LogP contribution in [-0.2, 0) is 4.79 Å². The van der Waals surface area contributed by atoms with Crippen LogP contribution in [0.3, 0.4) is 0 Å². The fourth-order valence-electron chi connectivity index (χ4n) is 2.43. The largest absolute Gasteiger partial charge is 0.338 e. The van der Waals surface area contributed by atoms with Crippen molar-refractivity contribution in [1.82, 2.24) is 14.9 Å². The summed E-state index contributed by atoms with van der Waals surface area (Å²) in [5, 5.41) is 1.23. The molecular formula is C16H16Cl2N4OS. The first-order valence-electron chi connectivity index (χ1n) is 7.51. The Morgan fingerprint density at radius 1 is 1.12 bits per heavy atom. The second kappa shape index (κ2) is 8.05. The third-order valence-electron chi connectivity index (χ3n) is 3.71. The number of anilines is 1. The second-order valence-corrected chi connectivity index (χ2v) is 7.14. The van der Waals surface area contributed by atoms with Gasteiger partial charge in [0.25, 0.3) is 0 Å². The Kier molecular flexibility index (Phi) is 5.81. The van der Waals surface area contributed by atoms with Crippen LogP contribution in [0.5, 0.6) is 0 Å². The van der Waals surface area contributed by atoms with Crippen molar-refractivity contribution < 1.29 is 4.79 Å². The maximum absolute atomic E-state index is 12.4. The van der Waals surface area contributed by atoms with Crippen molar-refractivity contribution in [1.29, 1.82) is 0 Å². The van der Waals surface area contributed by atoms with Gasteiger partial charge in [0.1, 0.15) is 0 Å². The number of hydrogen-bond donors (Lipinski definition) is 0. The summed E-state index contributed by atoms with van der Waals surface area (Å²) in [5.41, 5.74) is 0. The lowest BCUT2D eigenvalue weighted by molar-refractivity contribution is -0.128. The molecule has 0 aliphatic carbocycles. The SMILES string of the molecule is O=C(CSc1cc(Cl)ccc1Cl)N1CCN(c2ncccn2)CC1. The van der Waals surface area contributed by atoms with Gasteiger partial charge in [-0.25, -0.2) is 9.97 Å². The molecule has 1 fully saturated rings. The Labute approximate surface area is 155 Å². The molecule has 0 bridgehead atoms. The number of piperazine rings is 1. The van der Waals surface area contributed by atoms with E-state index in [1.54, 1.807) is 36.7 Å². The van der Waals surface area contributed by atoms with Crippen LogP contribution >= 0.6 is 35.0 Å². The van der Waals surface area contributed by atoms with Gasteiger partial charge in [-0.1, -0.05) is 23.2 Å². The van der Waals surface area contributed by atoms with Crippen LogP contribution < -0.4 is 4.90 Å². The number of halogens is 2. The Balaban J connectivity index is 1.51. The van der Waals surface area contributed by atoms with Crippen molar-refractivity contribution in [2.24, 2.45) is 0 Å². The van der Waals surface area contributed by atoms with Crippen molar-refractivity contribution in [2.45, 2.75) is 4.90 Å². The van der Waals surface area contributed by atoms with E-state index in [2.05, 4.69) is 14.9 Å². The number of thioether (sulfide) groups is 1. The molecular weight excluding hydrogens is 367 g/mol. The van der Waals surface area contributed by atoms with E-state index in [4.69, 9.17) is 23.2 Å². The number of hydrogen-bond acceptors (Lipinski definition) is 5. The molecule has 2 aromatic rings. The number of carbonyl (C=O) groups excluding carboxylic acids is 1. The summed E-state index contributed by atoms with van der Waals surface area (Å²) < 4.78 is 0. The average Bonchev–Trinajstić information content (AvgIpc) is 2.63. The standard InChI is InChI=1S/C16H16Cl2N4OS/c17-12-2-3-13(18)14(10-12)24-11-15(23)21-6-8-22(9-7-21)16-19-4-1-5-20-16/h1-5,10H,6-9,11H2. The molecule has 3 rings (SSSR count). The van der Waals surface area contributed by atoms with Gasteiger partial charge in [0.15, 0.2) is 0 Å². The molecule has 126 valence electrons. The minimum atomic E-state index is 0.102. The van der Waals surface area contributed by atoms with E-state index in [1.807, 2.05) is 4.90 Å². The van der Waals surface area contributed by atoms with Crippen molar-refractivity contribution >= 4 is 46.8 Å².